The minimum atomic E-state index is -1.14. The van der Waals surface area contributed by atoms with Crippen LogP contribution in [0, 0.1) is 11.8 Å². The number of nitrogens with zero attached hydrogens (tertiary/aromatic N) is 1. The molecule has 2 aliphatic carbocycles. The zero-order valence-electron chi connectivity index (χ0n) is 22.8. The van der Waals surface area contributed by atoms with Crippen LogP contribution in [0.5, 0.6) is 0 Å². The number of carbonyl (C=O) groups excluding carboxylic acids is 5. The lowest BCUT2D eigenvalue weighted by Gasteiger charge is -2.35. The number of aromatic amines is 1. The molecule has 6 rings (SSSR count). The number of fused-ring (bicyclic) bond motifs is 3. The number of para-hydroxylation sites is 1. The Bertz CT molecular complexity index is 1460. The predicted molar refractivity (Wildman–Crippen MR) is 152 cm³/mol. The molecule has 0 radical (unpaired) electrons. The highest BCUT2D eigenvalue weighted by Crippen LogP contribution is 2.43. The van der Waals surface area contributed by atoms with Gasteiger partial charge in [-0.25, -0.2) is 0 Å². The minimum Gasteiger partial charge on any atom is -0.351 e. The number of benzene rings is 2. The van der Waals surface area contributed by atoms with Crippen molar-refractivity contribution in [3.05, 3.63) is 71.9 Å². The molecule has 3 N–H and O–H groups in total. The largest absolute Gasteiger partial charge is 0.351 e. The number of amides is 3. The van der Waals surface area contributed by atoms with Crippen molar-refractivity contribution >= 4 is 40.2 Å². The molecule has 3 fully saturated rings. The molecule has 2 bridgehead atoms. The van der Waals surface area contributed by atoms with Crippen molar-refractivity contribution in [3.8, 4) is 0 Å². The average molecular weight is 555 g/mol. The molecule has 9 heteroatoms. The molecule has 3 amide bonds. The van der Waals surface area contributed by atoms with E-state index in [2.05, 4.69) is 15.6 Å². The molecular formula is C32H34N4O5. The lowest BCUT2D eigenvalue weighted by molar-refractivity contribution is -0.141. The molecule has 5 atom stereocenters. The fraction of sp³-hybridized carbons (Fsp3) is 0.406. The van der Waals surface area contributed by atoms with Crippen molar-refractivity contribution in [2.45, 2.75) is 69.6 Å². The van der Waals surface area contributed by atoms with Gasteiger partial charge in [0.2, 0.25) is 11.7 Å². The van der Waals surface area contributed by atoms with E-state index in [4.69, 9.17) is 0 Å². The van der Waals surface area contributed by atoms with Crippen LogP contribution in [0.2, 0.25) is 0 Å². The Morgan fingerprint density at radius 2 is 1.76 bits per heavy atom. The number of piperidine rings is 1. The first-order valence-electron chi connectivity index (χ1n) is 14.5. The quantitative estimate of drug-likeness (QED) is 0.350. The van der Waals surface area contributed by atoms with Gasteiger partial charge in [0.15, 0.2) is 0 Å². The topological polar surface area (TPSA) is 128 Å². The van der Waals surface area contributed by atoms with Crippen molar-refractivity contribution in [1.82, 2.24) is 20.5 Å². The summed E-state index contributed by atoms with van der Waals surface area (Å²) in [6.45, 7) is 0.174. The van der Waals surface area contributed by atoms with Gasteiger partial charge in [-0.05, 0) is 62.1 Å². The number of carbonyl (C=O) groups is 5. The third-order valence-corrected chi connectivity index (χ3v) is 8.95. The van der Waals surface area contributed by atoms with E-state index in [-0.39, 0.29) is 42.5 Å². The van der Waals surface area contributed by atoms with Gasteiger partial charge in [0.25, 0.3) is 11.8 Å². The zero-order valence-corrected chi connectivity index (χ0v) is 22.8. The van der Waals surface area contributed by atoms with Crippen molar-refractivity contribution in [2.24, 2.45) is 11.8 Å². The molecule has 2 heterocycles. The smallest absolute Gasteiger partial charge is 0.289 e. The zero-order chi connectivity index (χ0) is 28.5. The molecular weight excluding hydrogens is 520 g/mol. The SMILES string of the molecule is O=C(NCc1ccccc1)C(=O)C(C[C@@H]1CCCC1=O)NC(=O)[C@@H]1[C@H]2CC[C@H](C2)N1C(=O)c1cc2ccccc2[nH]1. The Kier molecular flexibility index (Phi) is 7.43. The third kappa shape index (κ3) is 5.40. The summed E-state index contributed by atoms with van der Waals surface area (Å²) in [5.74, 6) is -2.62. The summed E-state index contributed by atoms with van der Waals surface area (Å²) < 4.78 is 0. The number of H-pyrrole nitrogens is 1. The molecule has 212 valence electrons. The fourth-order valence-corrected chi connectivity index (χ4v) is 6.88. The molecule has 2 aromatic carbocycles. The molecule has 3 aromatic rings. The molecule has 2 saturated carbocycles. The Balaban J connectivity index is 1.20. The summed E-state index contributed by atoms with van der Waals surface area (Å²) in [5.41, 5.74) is 2.10. The number of likely N-dealkylation sites (tertiary alicyclic amines) is 1. The Hall–Kier alpha value is -4.27. The van der Waals surface area contributed by atoms with Gasteiger partial charge in [-0.1, -0.05) is 48.5 Å². The van der Waals surface area contributed by atoms with Crippen LogP contribution in [0.15, 0.2) is 60.7 Å². The van der Waals surface area contributed by atoms with Gasteiger partial charge < -0.3 is 20.5 Å². The highest BCUT2D eigenvalue weighted by molar-refractivity contribution is 6.38. The average Bonchev–Trinajstić information content (AvgIpc) is 3.79. The Morgan fingerprint density at radius 3 is 2.51 bits per heavy atom. The number of aromatic nitrogens is 1. The van der Waals surface area contributed by atoms with E-state index in [1.54, 1.807) is 11.0 Å². The van der Waals surface area contributed by atoms with Crippen LogP contribution in [0.4, 0.5) is 0 Å². The van der Waals surface area contributed by atoms with Gasteiger partial charge in [0.05, 0.1) is 6.04 Å². The number of rotatable bonds is 9. The van der Waals surface area contributed by atoms with E-state index in [9.17, 15) is 24.0 Å². The Morgan fingerprint density at radius 1 is 0.976 bits per heavy atom. The molecule has 0 spiro atoms. The summed E-state index contributed by atoms with van der Waals surface area (Å²) >= 11 is 0. The first-order chi connectivity index (χ1) is 19.9. The number of nitrogens with one attached hydrogen (secondary N) is 3. The number of ketones is 2. The minimum absolute atomic E-state index is 0.0240. The highest BCUT2D eigenvalue weighted by Gasteiger charge is 2.52. The molecule has 1 aliphatic heterocycles. The first kappa shape index (κ1) is 26.9. The lowest BCUT2D eigenvalue weighted by Crippen LogP contribution is -2.57. The van der Waals surface area contributed by atoms with E-state index >= 15 is 0 Å². The summed E-state index contributed by atoms with van der Waals surface area (Å²) in [6, 6.07) is 16.7. The van der Waals surface area contributed by atoms with Crippen LogP contribution < -0.4 is 10.6 Å². The van der Waals surface area contributed by atoms with Gasteiger partial charge in [-0.3, -0.25) is 24.0 Å². The van der Waals surface area contributed by atoms with E-state index < -0.39 is 29.7 Å². The molecule has 9 nitrogen and oxygen atoms in total. The van der Waals surface area contributed by atoms with Crippen LogP contribution in [0.3, 0.4) is 0 Å². The van der Waals surface area contributed by atoms with Crippen LogP contribution >= 0.6 is 0 Å². The normalized spacial score (nSPS) is 24.0. The van der Waals surface area contributed by atoms with Crippen LogP contribution in [-0.2, 0) is 25.7 Å². The van der Waals surface area contributed by atoms with Gasteiger partial charge in [0.1, 0.15) is 17.5 Å². The summed E-state index contributed by atoms with van der Waals surface area (Å²) in [7, 11) is 0. The summed E-state index contributed by atoms with van der Waals surface area (Å²) in [5, 5.41) is 6.39. The van der Waals surface area contributed by atoms with Gasteiger partial charge in [0, 0.05) is 35.8 Å². The van der Waals surface area contributed by atoms with Crippen molar-refractivity contribution in [1.29, 1.82) is 0 Å². The summed E-state index contributed by atoms with van der Waals surface area (Å²) in [4.78, 5) is 71.2. The first-order valence-corrected chi connectivity index (χ1v) is 14.5. The second-order valence-electron chi connectivity index (χ2n) is 11.5. The second kappa shape index (κ2) is 11.3. The van der Waals surface area contributed by atoms with Crippen LogP contribution in [0.25, 0.3) is 10.9 Å². The van der Waals surface area contributed by atoms with Crippen molar-refractivity contribution in [3.63, 3.8) is 0 Å². The fourth-order valence-electron chi connectivity index (χ4n) is 6.88. The van der Waals surface area contributed by atoms with Gasteiger partial charge in [-0.2, -0.15) is 0 Å². The van der Waals surface area contributed by atoms with E-state index in [0.717, 1.165) is 42.1 Å². The maximum Gasteiger partial charge on any atom is 0.289 e. The molecule has 41 heavy (non-hydrogen) atoms. The predicted octanol–water partition coefficient (Wildman–Crippen LogP) is 3.29. The van der Waals surface area contributed by atoms with Crippen LogP contribution in [-0.4, -0.2) is 57.3 Å². The maximum atomic E-state index is 13.8. The van der Waals surface area contributed by atoms with E-state index in [1.165, 1.54) is 0 Å². The second-order valence-corrected chi connectivity index (χ2v) is 11.5. The monoisotopic (exact) mass is 554 g/mol. The molecule has 1 unspecified atom stereocenters. The van der Waals surface area contributed by atoms with Crippen LogP contribution in [0.1, 0.15) is 61.0 Å². The number of hydrogen-bond donors (Lipinski definition) is 3. The van der Waals surface area contributed by atoms with Crippen molar-refractivity contribution < 1.29 is 24.0 Å². The highest BCUT2D eigenvalue weighted by atomic mass is 16.2. The number of hydrogen-bond acceptors (Lipinski definition) is 5. The van der Waals surface area contributed by atoms with E-state index in [0.29, 0.717) is 18.5 Å². The van der Waals surface area contributed by atoms with Crippen molar-refractivity contribution in [2.75, 3.05) is 0 Å². The standard InChI is InChI=1S/C32H34N4O5/c37-27-12-6-10-21(27)17-25(29(38)31(40)33-18-19-7-2-1-3-8-19)35-30(39)28-22-13-14-23(15-22)36(28)32(41)26-16-20-9-4-5-11-24(20)34-26/h1-5,7-9,11,16,21-23,25,28,34H,6,10,12-15,17-18H2,(H,33,40)(H,35,39)/t21-,22-,23+,25?,28-/m0/s1. The molecule has 1 aromatic heterocycles. The van der Waals surface area contributed by atoms with E-state index in [1.807, 2.05) is 54.6 Å². The summed E-state index contributed by atoms with van der Waals surface area (Å²) in [6.07, 6.45) is 4.25. The molecule has 1 saturated heterocycles. The van der Waals surface area contributed by atoms with Gasteiger partial charge >= 0.3 is 0 Å². The molecule has 3 aliphatic rings. The maximum absolute atomic E-state index is 13.8. The third-order valence-electron chi connectivity index (χ3n) is 8.95. The van der Waals surface area contributed by atoms with Gasteiger partial charge in [-0.15, -0.1) is 0 Å². The lowest BCUT2D eigenvalue weighted by atomic mass is 9.93. The Labute approximate surface area is 238 Å². The number of Topliss-reactive ketones (excluding diaryl/α,β-unsaturated/α-hetero) is 2.